The predicted octanol–water partition coefficient (Wildman–Crippen LogP) is 7.81. The molecular formula is C35H27NO5. The predicted molar refractivity (Wildman–Crippen MR) is 159 cm³/mol. The molecule has 2 heterocycles. The number of nitrogens with zero attached hydrogens (tertiary/aromatic N) is 1. The van der Waals surface area contributed by atoms with Gasteiger partial charge in [0.2, 0.25) is 6.10 Å². The van der Waals surface area contributed by atoms with Crippen LogP contribution in [0.5, 0.6) is 5.75 Å². The van der Waals surface area contributed by atoms with Gasteiger partial charge in [-0.05, 0) is 59.5 Å². The van der Waals surface area contributed by atoms with E-state index in [9.17, 15) is 14.7 Å². The molecule has 0 spiro atoms. The standard InChI is InChI=1S/C35H27NO5/c1-2-40-35(39)32-29-20-17-27(22-31(29)36-21-7-6-10-30(32)36)25-13-11-23(12-14-25)24-15-18-28(19-16-24)41-33(34(37)38)26-8-4-3-5-9-26/h3-22,33H,2H2,1H3,(H,37,38). The zero-order chi connectivity index (χ0) is 28.3. The average Bonchev–Trinajstić information content (AvgIpc) is 3.34. The van der Waals surface area contributed by atoms with E-state index < -0.39 is 12.1 Å². The highest BCUT2D eigenvalue weighted by Gasteiger charge is 2.22. The van der Waals surface area contributed by atoms with Crippen molar-refractivity contribution < 1.29 is 24.2 Å². The molecule has 1 N–H and O–H groups in total. The lowest BCUT2D eigenvalue weighted by Crippen LogP contribution is -2.18. The minimum Gasteiger partial charge on any atom is -0.478 e. The van der Waals surface area contributed by atoms with Crippen molar-refractivity contribution in [1.82, 2.24) is 4.40 Å². The van der Waals surface area contributed by atoms with Crippen molar-refractivity contribution in [2.45, 2.75) is 13.0 Å². The van der Waals surface area contributed by atoms with Crippen LogP contribution in [0, 0.1) is 0 Å². The molecule has 0 saturated heterocycles. The minimum atomic E-state index is -1.08. The summed E-state index contributed by atoms with van der Waals surface area (Å²) in [5, 5.41) is 10.5. The zero-order valence-corrected chi connectivity index (χ0v) is 22.4. The summed E-state index contributed by atoms with van der Waals surface area (Å²) in [6, 6.07) is 36.5. The van der Waals surface area contributed by atoms with Crippen LogP contribution >= 0.6 is 0 Å². The number of carboxylic acid groups (broad SMARTS) is 1. The molecule has 0 aliphatic heterocycles. The van der Waals surface area contributed by atoms with E-state index in [-0.39, 0.29) is 5.97 Å². The zero-order valence-electron chi connectivity index (χ0n) is 22.4. The second-order valence-corrected chi connectivity index (χ2v) is 9.63. The Morgan fingerprint density at radius 2 is 1.34 bits per heavy atom. The number of esters is 1. The number of pyridine rings is 1. The molecule has 4 aromatic carbocycles. The fourth-order valence-corrected chi connectivity index (χ4v) is 5.14. The number of rotatable bonds is 8. The third kappa shape index (κ3) is 5.03. The second-order valence-electron chi connectivity index (χ2n) is 9.63. The van der Waals surface area contributed by atoms with Gasteiger partial charge in [-0.3, -0.25) is 0 Å². The number of aliphatic carboxylic acids is 1. The maximum Gasteiger partial charge on any atom is 0.349 e. The van der Waals surface area contributed by atoms with Crippen LogP contribution in [-0.4, -0.2) is 28.1 Å². The first-order chi connectivity index (χ1) is 20.0. The van der Waals surface area contributed by atoms with Crippen molar-refractivity contribution >= 4 is 28.4 Å². The second kappa shape index (κ2) is 11.0. The highest BCUT2D eigenvalue weighted by Crippen LogP contribution is 2.33. The maximum absolute atomic E-state index is 12.8. The van der Waals surface area contributed by atoms with Crippen LogP contribution in [0.2, 0.25) is 0 Å². The number of hydrogen-bond donors (Lipinski definition) is 1. The Labute approximate surface area is 237 Å². The molecule has 6 nitrogen and oxygen atoms in total. The summed E-state index contributed by atoms with van der Waals surface area (Å²) in [5.41, 5.74) is 7.02. The van der Waals surface area contributed by atoms with E-state index in [2.05, 4.69) is 30.3 Å². The van der Waals surface area contributed by atoms with Gasteiger partial charge >= 0.3 is 11.9 Å². The number of carbonyl (C=O) groups is 2. The van der Waals surface area contributed by atoms with Gasteiger partial charge in [0.05, 0.1) is 23.2 Å². The number of hydrogen-bond acceptors (Lipinski definition) is 4. The fourth-order valence-electron chi connectivity index (χ4n) is 5.14. The first-order valence-corrected chi connectivity index (χ1v) is 13.4. The van der Waals surface area contributed by atoms with E-state index in [0.29, 0.717) is 23.5 Å². The first-order valence-electron chi connectivity index (χ1n) is 13.4. The highest BCUT2D eigenvalue weighted by molar-refractivity contribution is 6.12. The van der Waals surface area contributed by atoms with Crippen LogP contribution in [0.25, 0.3) is 38.7 Å². The lowest BCUT2D eigenvalue weighted by Gasteiger charge is -2.15. The lowest BCUT2D eigenvalue weighted by molar-refractivity contribution is -0.145. The fraction of sp³-hybridized carbons (Fsp3) is 0.0857. The van der Waals surface area contributed by atoms with Gasteiger partial charge < -0.3 is 19.0 Å². The van der Waals surface area contributed by atoms with Crippen LogP contribution in [0.15, 0.2) is 121 Å². The summed E-state index contributed by atoms with van der Waals surface area (Å²) in [6.45, 7) is 2.13. The van der Waals surface area contributed by atoms with Crippen LogP contribution in [0.1, 0.15) is 28.9 Å². The summed E-state index contributed by atoms with van der Waals surface area (Å²) < 4.78 is 13.2. The summed E-state index contributed by atoms with van der Waals surface area (Å²) in [6.07, 6.45) is 0.879. The summed E-state index contributed by atoms with van der Waals surface area (Å²) in [4.78, 5) is 24.5. The molecule has 0 aliphatic rings. The quantitative estimate of drug-likeness (QED) is 0.199. The molecule has 1 atom stereocenters. The molecule has 6 heteroatoms. The van der Waals surface area contributed by atoms with Gasteiger partial charge in [0.1, 0.15) is 5.75 Å². The first kappa shape index (κ1) is 25.9. The van der Waals surface area contributed by atoms with Gasteiger partial charge in [-0.1, -0.05) is 84.9 Å². The van der Waals surface area contributed by atoms with E-state index in [1.54, 1.807) is 36.4 Å². The topological polar surface area (TPSA) is 77.2 Å². The Morgan fingerprint density at radius 1 is 0.732 bits per heavy atom. The molecule has 0 saturated carbocycles. The molecular weight excluding hydrogens is 514 g/mol. The third-order valence-corrected chi connectivity index (χ3v) is 7.11. The number of carbonyl (C=O) groups excluding carboxylic acids is 1. The molecule has 0 amide bonds. The monoisotopic (exact) mass is 541 g/mol. The van der Waals surface area contributed by atoms with E-state index in [1.165, 1.54) is 0 Å². The van der Waals surface area contributed by atoms with Crippen LogP contribution in [0.3, 0.4) is 0 Å². The van der Waals surface area contributed by atoms with Crippen LogP contribution < -0.4 is 4.74 Å². The van der Waals surface area contributed by atoms with Crippen molar-refractivity contribution in [3.63, 3.8) is 0 Å². The Balaban J connectivity index is 1.26. The molecule has 0 radical (unpaired) electrons. The van der Waals surface area contributed by atoms with Gasteiger partial charge in [-0.25, -0.2) is 9.59 Å². The molecule has 0 aliphatic carbocycles. The Bertz CT molecular complexity index is 1860. The third-order valence-electron chi connectivity index (χ3n) is 7.11. The van der Waals surface area contributed by atoms with Crippen LogP contribution in [-0.2, 0) is 9.53 Å². The smallest absolute Gasteiger partial charge is 0.349 e. The summed E-state index contributed by atoms with van der Waals surface area (Å²) >= 11 is 0. The van der Waals surface area contributed by atoms with Crippen molar-refractivity contribution in [2.75, 3.05) is 6.61 Å². The number of ether oxygens (including phenoxy) is 2. The van der Waals surface area contributed by atoms with Gasteiger partial charge in [0, 0.05) is 17.1 Å². The van der Waals surface area contributed by atoms with Crippen molar-refractivity contribution in [3.8, 4) is 28.0 Å². The Morgan fingerprint density at radius 3 is 2.00 bits per heavy atom. The van der Waals surface area contributed by atoms with Gasteiger partial charge in [0.25, 0.3) is 0 Å². The van der Waals surface area contributed by atoms with Crippen LogP contribution in [0.4, 0.5) is 0 Å². The number of carboxylic acids is 1. The normalized spacial score (nSPS) is 11.8. The molecule has 6 rings (SSSR count). The summed E-state index contributed by atoms with van der Waals surface area (Å²) in [7, 11) is 0. The van der Waals surface area contributed by atoms with Crippen molar-refractivity contribution in [2.24, 2.45) is 0 Å². The van der Waals surface area contributed by atoms with Crippen molar-refractivity contribution in [3.05, 3.63) is 133 Å². The van der Waals surface area contributed by atoms with Gasteiger partial charge in [0.15, 0.2) is 0 Å². The SMILES string of the molecule is CCOC(=O)c1c2ccc(-c3ccc(-c4ccc(OC(C(=O)O)c5ccccc5)cc4)cc3)cc2n2ccccc12. The van der Waals surface area contributed by atoms with E-state index in [4.69, 9.17) is 9.47 Å². The van der Waals surface area contributed by atoms with E-state index >= 15 is 0 Å². The molecule has 2 aromatic heterocycles. The number of fused-ring (bicyclic) bond motifs is 3. The Hall–Kier alpha value is -5.36. The minimum absolute atomic E-state index is 0.321. The molecule has 41 heavy (non-hydrogen) atoms. The molecule has 202 valence electrons. The Kier molecular flexibility index (Phi) is 6.96. The lowest BCUT2D eigenvalue weighted by atomic mass is 9.99. The van der Waals surface area contributed by atoms with E-state index in [0.717, 1.165) is 38.7 Å². The summed E-state index contributed by atoms with van der Waals surface area (Å²) in [5.74, 6) is -0.880. The number of aromatic nitrogens is 1. The van der Waals surface area contributed by atoms with Gasteiger partial charge in [-0.2, -0.15) is 0 Å². The maximum atomic E-state index is 12.8. The molecule has 0 fully saturated rings. The molecule has 0 bridgehead atoms. The molecule has 1 unspecified atom stereocenters. The highest BCUT2D eigenvalue weighted by atomic mass is 16.5. The number of benzene rings is 4. The van der Waals surface area contributed by atoms with Gasteiger partial charge in [-0.15, -0.1) is 0 Å². The molecule has 6 aromatic rings. The van der Waals surface area contributed by atoms with Crippen molar-refractivity contribution in [1.29, 1.82) is 0 Å². The van der Waals surface area contributed by atoms with E-state index in [1.807, 2.05) is 66.1 Å². The largest absolute Gasteiger partial charge is 0.478 e. The average molecular weight is 542 g/mol.